The van der Waals surface area contributed by atoms with Gasteiger partial charge in [-0.05, 0) is 37.0 Å². The average molecular weight is 323 g/mol. The molecule has 0 radical (unpaired) electrons. The van der Waals surface area contributed by atoms with Crippen LogP contribution in [0.5, 0.6) is 5.75 Å². The van der Waals surface area contributed by atoms with Crippen LogP contribution in [0.2, 0.25) is 0 Å². The van der Waals surface area contributed by atoms with Gasteiger partial charge in [-0.1, -0.05) is 12.8 Å². The van der Waals surface area contributed by atoms with Crippen LogP contribution in [0.1, 0.15) is 31.2 Å². The van der Waals surface area contributed by atoms with Crippen LogP contribution in [0.15, 0.2) is 23.1 Å². The van der Waals surface area contributed by atoms with E-state index in [0.717, 1.165) is 37.8 Å². The van der Waals surface area contributed by atoms with Gasteiger partial charge in [0.1, 0.15) is 5.75 Å². The average Bonchev–Trinajstić information content (AvgIpc) is 2.88. The van der Waals surface area contributed by atoms with Gasteiger partial charge in [0, 0.05) is 6.54 Å². The van der Waals surface area contributed by atoms with Gasteiger partial charge in [-0.3, -0.25) is 0 Å². The predicted molar refractivity (Wildman–Crippen MR) is 70.3 cm³/mol. The molecule has 118 valence electrons. The highest BCUT2D eigenvalue weighted by Crippen LogP contribution is 2.36. The van der Waals surface area contributed by atoms with E-state index in [4.69, 9.17) is 0 Å². The number of nitrogens with one attached hydrogen (secondary N) is 1. The number of halogens is 3. The zero-order chi connectivity index (χ0) is 15.7. The zero-order valence-corrected chi connectivity index (χ0v) is 12.0. The highest BCUT2D eigenvalue weighted by molar-refractivity contribution is 7.89. The van der Waals surface area contributed by atoms with Gasteiger partial charge in [-0.25, -0.2) is 13.1 Å². The molecule has 0 bridgehead atoms. The topological polar surface area (TPSA) is 66.4 Å². The minimum Gasteiger partial charge on any atom is -0.507 e. The molecule has 1 aromatic rings. The minimum atomic E-state index is -4.80. The molecule has 1 saturated carbocycles. The Morgan fingerprint density at radius 3 is 2.43 bits per heavy atom. The molecule has 8 heteroatoms. The third kappa shape index (κ3) is 3.88. The van der Waals surface area contributed by atoms with Gasteiger partial charge in [0.25, 0.3) is 0 Å². The van der Waals surface area contributed by atoms with E-state index in [1.807, 2.05) is 0 Å². The summed E-state index contributed by atoms with van der Waals surface area (Å²) in [4.78, 5) is -0.495. The van der Waals surface area contributed by atoms with E-state index in [0.29, 0.717) is 6.07 Å². The number of rotatable bonds is 4. The second-order valence-electron chi connectivity index (χ2n) is 5.18. The largest absolute Gasteiger partial charge is 0.507 e. The van der Waals surface area contributed by atoms with E-state index in [-0.39, 0.29) is 12.5 Å². The second-order valence-corrected chi connectivity index (χ2v) is 6.95. The van der Waals surface area contributed by atoms with Crippen LogP contribution in [0.4, 0.5) is 13.2 Å². The molecule has 2 rings (SSSR count). The Labute approximate surface area is 121 Å². The van der Waals surface area contributed by atoms with Crippen molar-refractivity contribution in [2.45, 2.75) is 36.8 Å². The monoisotopic (exact) mass is 323 g/mol. The van der Waals surface area contributed by atoms with Crippen LogP contribution < -0.4 is 4.72 Å². The molecule has 0 aliphatic heterocycles. The predicted octanol–water partition coefficient (Wildman–Crippen LogP) is 2.88. The standard InChI is InChI=1S/C13H16F3NO3S/c14-13(15,16)11-7-10(5-6-12(11)18)21(19,20)17-8-9-3-1-2-4-9/h5-7,9,17-18H,1-4,8H2. The highest BCUT2D eigenvalue weighted by Gasteiger charge is 2.35. The molecular weight excluding hydrogens is 307 g/mol. The third-order valence-corrected chi connectivity index (χ3v) is 5.04. The normalized spacial score (nSPS) is 17.3. The smallest absolute Gasteiger partial charge is 0.419 e. The van der Waals surface area contributed by atoms with Crippen molar-refractivity contribution in [3.63, 3.8) is 0 Å². The fraction of sp³-hybridized carbons (Fsp3) is 0.538. The summed E-state index contributed by atoms with van der Waals surface area (Å²) in [5.41, 5.74) is -1.36. The number of sulfonamides is 1. The Hall–Kier alpha value is -1.28. The second kappa shape index (κ2) is 5.84. The maximum absolute atomic E-state index is 12.7. The van der Waals surface area contributed by atoms with E-state index >= 15 is 0 Å². The lowest BCUT2D eigenvalue weighted by atomic mass is 10.1. The summed E-state index contributed by atoms with van der Waals surface area (Å²) in [5.74, 6) is -0.754. The Balaban J connectivity index is 2.19. The van der Waals surface area contributed by atoms with Gasteiger partial charge in [0.05, 0.1) is 10.5 Å². The van der Waals surface area contributed by atoms with Crippen LogP contribution in [0.25, 0.3) is 0 Å². The molecule has 0 aromatic heterocycles. The van der Waals surface area contributed by atoms with Crippen LogP contribution in [0, 0.1) is 5.92 Å². The summed E-state index contributed by atoms with van der Waals surface area (Å²) < 4.78 is 64.4. The van der Waals surface area contributed by atoms with Crippen molar-refractivity contribution in [1.29, 1.82) is 0 Å². The molecular formula is C13H16F3NO3S. The number of hydrogen-bond donors (Lipinski definition) is 2. The molecule has 0 atom stereocenters. The first-order valence-electron chi connectivity index (χ1n) is 6.60. The van der Waals surface area contributed by atoms with Gasteiger partial charge in [-0.15, -0.1) is 0 Å². The molecule has 1 fully saturated rings. The summed E-state index contributed by atoms with van der Waals surface area (Å²) in [6.45, 7) is 0.227. The Morgan fingerprint density at radius 1 is 1.24 bits per heavy atom. The SMILES string of the molecule is O=S(=O)(NCC1CCCC1)c1ccc(O)c(C(F)(F)F)c1. The molecule has 0 heterocycles. The van der Waals surface area contributed by atoms with E-state index < -0.39 is 32.4 Å². The van der Waals surface area contributed by atoms with Gasteiger partial charge in [0.15, 0.2) is 0 Å². The lowest BCUT2D eigenvalue weighted by molar-refractivity contribution is -0.138. The maximum atomic E-state index is 12.7. The summed E-state index contributed by atoms with van der Waals surface area (Å²) >= 11 is 0. The quantitative estimate of drug-likeness (QED) is 0.895. The molecule has 1 aliphatic carbocycles. The van der Waals surface area contributed by atoms with Crippen molar-refractivity contribution in [3.05, 3.63) is 23.8 Å². The lowest BCUT2D eigenvalue weighted by Crippen LogP contribution is -2.28. The van der Waals surface area contributed by atoms with Gasteiger partial charge < -0.3 is 5.11 Å². The number of hydrogen-bond acceptors (Lipinski definition) is 3. The fourth-order valence-electron chi connectivity index (χ4n) is 2.43. The number of aromatic hydroxyl groups is 1. The number of alkyl halides is 3. The van der Waals surface area contributed by atoms with Crippen LogP contribution in [0.3, 0.4) is 0 Å². The molecule has 0 amide bonds. The Kier molecular flexibility index (Phi) is 4.48. The summed E-state index contributed by atoms with van der Waals surface area (Å²) in [6, 6.07) is 2.15. The Morgan fingerprint density at radius 2 is 1.86 bits per heavy atom. The summed E-state index contributed by atoms with van der Waals surface area (Å²) in [6.07, 6.45) is -0.869. The van der Waals surface area contributed by atoms with Gasteiger partial charge in [-0.2, -0.15) is 13.2 Å². The van der Waals surface area contributed by atoms with Crippen molar-refractivity contribution >= 4 is 10.0 Å². The molecule has 1 aliphatic rings. The first kappa shape index (κ1) is 16.1. The van der Waals surface area contributed by atoms with E-state index in [1.165, 1.54) is 0 Å². The first-order chi connectivity index (χ1) is 9.70. The van der Waals surface area contributed by atoms with E-state index in [2.05, 4.69) is 4.72 Å². The van der Waals surface area contributed by atoms with Crippen LogP contribution in [-0.4, -0.2) is 20.1 Å². The fourth-order valence-corrected chi connectivity index (χ4v) is 3.58. The van der Waals surface area contributed by atoms with Crippen molar-refractivity contribution in [2.24, 2.45) is 5.92 Å². The van der Waals surface area contributed by atoms with Crippen LogP contribution in [-0.2, 0) is 16.2 Å². The highest BCUT2D eigenvalue weighted by atomic mass is 32.2. The molecule has 4 nitrogen and oxygen atoms in total. The molecule has 0 saturated heterocycles. The maximum Gasteiger partial charge on any atom is 0.419 e. The van der Waals surface area contributed by atoms with E-state index in [9.17, 15) is 26.7 Å². The summed E-state index contributed by atoms with van der Waals surface area (Å²) in [5, 5.41) is 9.20. The Bertz CT molecular complexity index is 608. The van der Waals surface area contributed by atoms with Gasteiger partial charge >= 0.3 is 6.18 Å². The van der Waals surface area contributed by atoms with Crippen molar-refractivity contribution in [3.8, 4) is 5.75 Å². The zero-order valence-electron chi connectivity index (χ0n) is 11.2. The van der Waals surface area contributed by atoms with Crippen molar-refractivity contribution in [2.75, 3.05) is 6.54 Å². The van der Waals surface area contributed by atoms with Gasteiger partial charge in [0.2, 0.25) is 10.0 Å². The number of benzene rings is 1. The van der Waals surface area contributed by atoms with Crippen molar-refractivity contribution < 1.29 is 26.7 Å². The summed E-state index contributed by atoms with van der Waals surface area (Å²) in [7, 11) is -4.01. The minimum absolute atomic E-state index is 0.227. The molecule has 21 heavy (non-hydrogen) atoms. The van der Waals surface area contributed by atoms with E-state index in [1.54, 1.807) is 0 Å². The molecule has 2 N–H and O–H groups in total. The number of phenols is 1. The molecule has 0 unspecified atom stereocenters. The number of phenolic OH excluding ortho intramolecular Hbond substituents is 1. The van der Waals surface area contributed by atoms with Crippen LogP contribution >= 0.6 is 0 Å². The molecule has 1 aromatic carbocycles. The third-order valence-electron chi connectivity index (χ3n) is 3.62. The molecule has 0 spiro atoms. The first-order valence-corrected chi connectivity index (χ1v) is 8.08. The van der Waals surface area contributed by atoms with Crippen molar-refractivity contribution in [1.82, 2.24) is 4.72 Å². The lowest BCUT2D eigenvalue weighted by Gasteiger charge is -2.13.